The smallest absolute Gasteiger partial charge is 0.287 e. The van der Waals surface area contributed by atoms with Gasteiger partial charge in [-0.2, -0.15) is 5.10 Å². The Bertz CT molecular complexity index is 1010. The third kappa shape index (κ3) is 5.92. The Morgan fingerprint density at radius 2 is 1.90 bits per heavy atom. The zero-order valence-electron chi connectivity index (χ0n) is 16.4. The number of methoxy groups -OCH3 is 2. The lowest BCUT2D eigenvalue weighted by molar-refractivity contribution is -0.384. The molecule has 2 N–H and O–H groups in total. The second-order valence-corrected chi connectivity index (χ2v) is 6.41. The monoisotopic (exact) mass is 434 g/mol. The molecule has 2 amide bonds. The van der Waals surface area contributed by atoms with E-state index < -0.39 is 10.8 Å². The summed E-state index contributed by atoms with van der Waals surface area (Å²) >= 11 is 5.79. The fourth-order valence-electron chi connectivity index (χ4n) is 2.38. The molecule has 2 aromatic rings. The van der Waals surface area contributed by atoms with Crippen LogP contribution in [0.2, 0.25) is 5.02 Å². The highest BCUT2D eigenvalue weighted by molar-refractivity contribution is 6.33. The maximum Gasteiger partial charge on any atom is 0.287 e. The first-order valence-corrected chi connectivity index (χ1v) is 8.92. The van der Waals surface area contributed by atoms with E-state index in [1.807, 2.05) is 0 Å². The van der Waals surface area contributed by atoms with Crippen LogP contribution in [0.3, 0.4) is 0 Å². The number of nitro benzene ring substituents is 1. The third-order valence-electron chi connectivity index (χ3n) is 3.85. The Morgan fingerprint density at radius 3 is 2.50 bits per heavy atom. The van der Waals surface area contributed by atoms with Gasteiger partial charge in [0.2, 0.25) is 5.91 Å². The minimum atomic E-state index is -0.650. The van der Waals surface area contributed by atoms with Crippen LogP contribution >= 0.6 is 11.6 Å². The summed E-state index contributed by atoms with van der Waals surface area (Å²) in [4.78, 5) is 34.5. The number of carbonyl (C=O) groups excluding carboxylic acids is 2. The first-order chi connectivity index (χ1) is 14.2. The highest BCUT2D eigenvalue weighted by atomic mass is 35.5. The molecule has 0 unspecified atom stereocenters. The van der Waals surface area contributed by atoms with Crippen LogP contribution in [-0.4, -0.2) is 36.7 Å². The van der Waals surface area contributed by atoms with Gasteiger partial charge in [0.05, 0.1) is 31.3 Å². The fourth-order valence-corrected chi connectivity index (χ4v) is 2.62. The van der Waals surface area contributed by atoms with Gasteiger partial charge in [0.1, 0.15) is 16.5 Å². The van der Waals surface area contributed by atoms with Crippen molar-refractivity contribution in [2.75, 3.05) is 19.5 Å². The lowest BCUT2D eigenvalue weighted by atomic mass is 10.2. The highest BCUT2D eigenvalue weighted by Crippen LogP contribution is 2.29. The van der Waals surface area contributed by atoms with Crippen molar-refractivity contribution in [3.8, 4) is 11.5 Å². The second-order valence-electron chi connectivity index (χ2n) is 6.00. The summed E-state index contributed by atoms with van der Waals surface area (Å²) in [6, 6.07) is 8.50. The molecule has 2 rings (SSSR count). The molecule has 2 aromatic carbocycles. The normalized spacial score (nSPS) is 10.9. The number of amides is 2. The zero-order chi connectivity index (χ0) is 22.3. The maximum atomic E-state index is 12.2. The Morgan fingerprint density at radius 1 is 1.17 bits per heavy atom. The number of carbonyl (C=O) groups is 2. The number of hydrogen-bond donors (Lipinski definition) is 2. The van der Waals surface area contributed by atoms with Gasteiger partial charge in [-0.15, -0.1) is 0 Å². The zero-order valence-corrected chi connectivity index (χ0v) is 17.1. The van der Waals surface area contributed by atoms with Gasteiger partial charge in [-0.05, 0) is 31.2 Å². The Hall–Kier alpha value is -3.66. The molecule has 0 heterocycles. The summed E-state index contributed by atoms with van der Waals surface area (Å²) in [6.45, 7) is 1.56. The van der Waals surface area contributed by atoms with E-state index in [9.17, 15) is 19.7 Å². The van der Waals surface area contributed by atoms with Crippen LogP contribution in [-0.2, 0) is 4.79 Å². The average molecular weight is 435 g/mol. The molecule has 0 saturated carbocycles. The summed E-state index contributed by atoms with van der Waals surface area (Å²) in [5, 5.41) is 17.2. The molecular formula is C19H19ClN4O6. The summed E-state index contributed by atoms with van der Waals surface area (Å²) in [5.74, 6) is 0.0213. The molecule has 0 bridgehead atoms. The van der Waals surface area contributed by atoms with Gasteiger partial charge >= 0.3 is 0 Å². The third-order valence-corrected chi connectivity index (χ3v) is 4.16. The Labute approximate surface area is 177 Å². The minimum absolute atomic E-state index is 0.0868. The maximum absolute atomic E-state index is 12.2. The van der Waals surface area contributed by atoms with Crippen LogP contribution < -0.4 is 20.2 Å². The molecule has 0 spiro atoms. The minimum Gasteiger partial charge on any atom is -0.497 e. The summed E-state index contributed by atoms with van der Waals surface area (Å²) < 4.78 is 10.3. The quantitative estimate of drug-likeness (QED) is 0.371. The number of ether oxygens (including phenoxy) is 2. The molecule has 0 atom stereocenters. The number of nitrogens with one attached hydrogen (secondary N) is 2. The largest absolute Gasteiger partial charge is 0.497 e. The van der Waals surface area contributed by atoms with Crippen molar-refractivity contribution in [1.29, 1.82) is 0 Å². The van der Waals surface area contributed by atoms with E-state index in [-0.39, 0.29) is 28.6 Å². The molecule has 30 heavy (non-hydrogen) atoms. The van der Waals surface area contributed by atoms with Crippen LogP contribution in [0.5, 0.6) is 11.5 Å². The van der Waals surface area contributed by atoms with Crippen molar-refractivity contribution < 1.29 is 24.0 Å². The summed E-state index contributed by atoms with van der Waals surface area (Å²) in [6.07, 6.45) is -0.0868. The SMILES string of the molecule is COc1ccc(NC(=O)C/C(C)=N/NC(=O)c2ccc([N+](=O)[O-])c(Cl)c2)c(OC)c1. The van der Waals surface area contributed by atoms with Crippen molar-refractivity contribution in [1.82, 2.24) is 5.43 Å². The number of nitro groups is 1. The number of benzene rings is 2. The number of halogens is 1. The Kier molecular flexibility index (Phi) is 7.70. The van der Waals surface area contributed by atoms with E-state index in [0.717, 1.165) is 6.07 Å². The molecule has 158 valence electrons. The van der Waals surface area contributed by atoms with E-state index in [1.54, 1.807) is 25.1 Å². The highest BCUT2D eigenvalue weighted by Gasteiger charge is 2.15. The van der Waals surface area contributed by atoms with Gasteiger partial charge in [0.25, 0.3) is 11.6 Å². The van der Waals surface area contributed by atoms with E-state index in [4.69, 9.17) is 21.1 Å². The molecule has 0 radical (unpaired) electrons. The van der Waals surface area contributed by atoms with Gasteiger partial charge in [-0.1, -0.05) is 11.6 Å². The first kappa shape index (κ1) is 22.6. The molecule has 0 aliphatic heterocycles. The number of hydrazone groups is 1. The van der Waals surface area contributed by atoms with Crippen molar-refractivity contribution in [2.45, 2.75) is 13.3 Å². The van der Waals surface area contributed by atoms with Crippen LogP contribution in [0.4, 0.5) is 11.4 Å². The van der Waals surface area contributed by atoms with Gasteiger partial charge in [-0.25, -0.2) is 5.43 Å². The second kappa shape index (κ2) is 10.2. The topological polar surface area (TPSA) is 132 Å². The van der Waals surface area contributed by atoms with Gasteiger partial charge in [-0.3, -0.25) is 19.7 Å². The molecule has 0 saturated heterocycles. The fraction of sp³-hybridized carbons (Fsp3) is 0.211. The van der Waals surface area contributed by atoms with Crippen molar-refractivity contribution >= 4 is 40.5 Å². The van der Waals surface area contributed by atoms with Crippen LogP contribution in [0, 0.1) is 10.1 Å². The van der Waals surface area contributed by atoms with Gasteiger partial charge in [0, 0.05) is 23.4 Å². The van der Waals surface area contributed by atoms with Crippen molar-refractivity contribution in [3.63, 3.8) is 0 Å². The predicted octanol–water partition coefficient (Wildman–Crippen LogP) is 3.40. The molecule has 0 fully saturated rings. The van der Waals surface area contributed by atoms with E-state index in [2.05, 4.69) is 15.8 Å². The number of rotatable bonds is 8. The number of hydrogen-bond acceptors (Lipinski definition) is 7. The van der Waals surface area contributed by atoms with E-state index in [0.29, 0.717) is 22.9 Å². The molecule has 0 aromatic heterocycles. The summed E-state index contributed by atoms with van der Waals surface area (Å²) in [7, 11) is 2.99. The van der Waals surface area contributed by atoms with Crippen molar-refractivity contribution in [3.05, 3.63) is 57.1 Å². The molecule has 0 aliphatic carbocycles. The number of nitrogens with zero attached hydrogens (tertiary/aromatic N) is 2. The average Bonchev–Trinajstić information content (AvgIpc) is 2.71. The van der Waals surface area contributed by atoms with Crippen LogP contribution in [0.15, 0.2) is 41.5 Å². The predicted molar refractivity (Wildman–Crippen MR) is 111 cm³/mol. The van der Waals surface area contributed by atoms with Gasteiger partial charge < -0.3 is 14.8 Å². The molecule has 11 heteroatoms. The lowest BCUT2D eigenvalue weighted by Crippen LogP contribution is -2.21. The Balaban J connectivity index is 1.98. The van der Waals surface area contributed by atoms with Gasteiger partial charge in [0.15, 0.2) is 0 Å². The van der Waals surface area contributed by atoms with E-state index >= 15 is 0 Å². The molecule has 10 nitrogen and oxygen atoms in total. The molecule has 0 aliphatic rings. The first-order valence-electron chi connectivity index (χ1n) is 8.54. The lowest BCUT2D eigenvalue weighted by Gasteiger charge is -2.11. The standard InChI is InChI=1S/C19H19ClN4O6/c1-11(8-18(25)21-15-6-5-13(29-2)10-17(15)30-3)22-23-19(26)12-4-7-16(24(27)28)14(20)9-12/h4-7,9-10H,8H2,1-3H3,(H,21,25)(H,23,26)/b22-11+. The van der Waals surface area contributed by atoms with E-state index in [1.165, 1.54) is 26.4 Å². The summed E-state index contributed by atoms with van der Waals surface area (Å²) in [5.41, 5.74) is 2.86. The number of anilines is 1. The molecular weight excluding hydrogens is 416 g/mol. The van der Waals surface area contributed by atoms with Crippen LogP contribution in [0.25, 0.3) is 0 Å². The van der Waals surface area contributed by atoms with Crippen molar-refractivity contribution in [2.24, 2.45) is 5.10 Å². The van der Waals surface area contributed by atoms with Crippen LogP contribution in [0.1, 0.15) is 23.7 Å².